The van der Waals surface area contributed by atoms with Gasteiger partial charge in [-0.05, 0) is 37.3 Å². The SMILES string of the molecule is C[C@H](NC[C@@H]1CC[C@H](C(=O)N(C)C)O1)c1cc2ccccc2s1. The van der Waals surface area contributed by atoms with Crippen molar-refractivity contribution >= 4 is 27.3 Å². The lowest BCUT2D eigenvalue weighted by Crippen LogP contribution is -2.35. The van der Waals surface area contributed by atoms with Gasteiger partial charge in [0, 0.05) is 36.3 Å². The predicted molar refractivity (Wildman–Crippen MR) is 94.8 cm³/mol. The highest BCUT2D eigenvalue weighted by atomic mass is 32.1. The van der Waals surface area contributed by atoms with E-state index in [-0.39, 0.29) is 18.1 Å². The standard InChI is InChI=1S/C18H24N2O2S/c1-12(17-10-13-6-4-5-7-16(13)23-17)19-11-14-8-9-15(22-14)18(21)20(2)3/h4-7,10,12,14-15,19H,8-9,11H2,1-3H3/t12-,14-,15+/m0/s1. The molecule has 1 N–H and O–H groups in total. The highest BCUT2D eigenvalue weighted by Crippen LogP contribution is 2.30. The molecule has 0 bridgehead atoms. The summed E-state index contributed by atoms with van der Waals surface area (Å²) in [5.41, 5.74) is 0. The largest absolute Gasteiger partial charge is 0.364 e. The number of benzene rings is 1. The maximum absolute atomic E-state index is 11.9. The Balaban J connectivity index is 1.53. The van der Waals surface area contributed by atoms with E-state index in [4.69, 9.17) is 4.74 Å². The van der Waals surface area contributed by atoms with Gasteiger partial charge < -0.3 is 15.0 Å². The summed E-state index contributed by atoms with van der Waals surface area (Å²) in [6, 6.07) is 11.0. The minimum atomic E-state index is -0.267. The Morgan fingerprint density at radius 3 is 2.91 bits per heavy atom. The van der Waals surface area contributed by atoms with Gasteiger partial charge in [0.25, 0.3) is 5.91 Å². The van der Waals surface area contributed by atoms with E-state index in [9.17, 15) is 4.79 Å². The number of rotatable bonds is 5. The molecular weight excluding hydrogens is 308 g/mol. The number of carbonyl (C=O) groups is 1. The van der Waals surface area contributed by atoms with Crippen molar-refractivity contribution in [2.75, 3.05) is 20.6 Å². The van der Waals surface area contributed by atoms with Crippen LogP contribution < -0.4 is 5.32 Å². The van der Waals surface area contributed by atoms with Gasteiger partial charge in [-0.25, -0.2) is 0 Å². The molecule has 0 aliphatic carbocycles. The number of ether oxygens (including phenoxy) is 1. The molecule has 2 aromatic rings. The van der Waals surface area contributed by atoms with E-state index in [2.05, 4.69) is 42.6 Å². The third-order valence-corrected chi connectivity index (χ3v) is 5.65. The zero-order valence-corrected chi connectivity index (χ0v) is 14.7. The molecule has 0 saturated carbocycles. The molecule has 1 aliphatic rings. The fourth-order valence-electron chi connectivity index (χ4n) is 2.95. The molecule has 1 amide bonds. The van der Waals surface area contributed by atoms with Crippen LogP contribution in [0.25, 0.3) is 10.1 Å². The smallest absolute Gasteiger partial charge is 0.251 e. The monoisotopic (exact) mass is 332 g/mol. The zero-order chi connectivity index (χ0) is 16.4. The van der Waals surface area contributed by atoms with Crippen LogP contribution >= 0.6 is 11.3 Å². The van der Waals surface area contributed by atoms with E-state index in [1.165, 1.54) is 15.0 Å². The lowest BCUT2D eigenvalue weighted by atomic mass is 10.1. The summed E-state index contributed by atoms with van der Waals surface area (Å²) in [5, 5.41) is 4.85. The maximum Gasteiger partial charge on any atom is 0.251 e. The van der Waals surface area contributed by atoms with Gasteiger partial charge >= 0.3 is 0 Å². The molecule has 5 heteroatoms. The van der Waals surface area contributed by atoms with Crippen molar-refractivity contribution in [1.82, 2.24) is 10.2 Å². The van der Waals surface area contributed by atoms with Gasteiger partial charge in [0.2, 0.25) is 0 Å². The second kappa shape index (κ2) is 6.99. The van der Waals surface area contributed by atoms with E-state index >= 15 is 0 Å². The summed E-state index contributed by atoms with van der Waals surface area (Å²) in [6.45, 7) is 2.97. The van der Waals surface area contributed by atoms with Crippen LogP contribution in [0.5, 0.6) is 0 Å². The molecule has 23 heavy (non-hydrogen) atoms. The van der Waals surface area contributed by atoms with Crippen molar-refractivity contribution in [2.45, 2.75) is 38.0 Å². The molecule has 2 heterocycles. The van der Waals surface area contributed by atoms with Crippen molar-refractivity contribution in [2.24, 2.45) is 0 Å². The molecule has 1 aromatic carbocycles. The van der Waals surface area contributed by atoms with Crippen molar-refractivity contribution in [3.63, 3.8) is 0 Å². The van der Waals surface area contributed by atoms with Gasteiger partial charge in [-0.3, -0.25) is 4.79 Å². The topological polar surface area (TPSA) is 41.6 Å². The van der Waals surface area contributed by atoms with Crippen LogP contribution in [0.1, 0.15) is 30.7 Å². The predicted octanol–water partition coefficient (Wildman–Crippen LogP) is 3.19. The molecule has 0 spiro atoms. The Bertz CT molecular complexity index is 649. The molecule has 0 radical (unpaired) electrons. The van der Waals surface area contributed by atoms with Crippen LogP contribution in [0.4, 0.5) is 0 Å². The molecule has 124 valence electrons. The quantitative estimate of drug-likeness (QED) is 0.914. The van der Waals surface area contributed by atoms with Gasteiger partial charge in [-0.15, -0.1) is 11.3 Å². The van der Waals surface area contributed by atoms with E-state index in [0.717, 1.165) is 19.4 Å². The first-order valence-electron chi connectivity index (χ1n) is 8.13. The molecule has 1 fully saturated rings. The summed E-state index contributed by atoms with van der Waals surface area (Å²) >= 11 is 1.83. The van der Waals surface area contributed by atoms with Crippen molar-refractivity contribution in [1.29, 1.82) is 0 Å². The minimum absolute atomic E-state index is 0.0741. The molecule has 1 aromatic heterocycles. The normalized spacial score (nSPS) is 22.4. The van der Waals surface area contributed by atoms with Gasteiger partial charge in [-0.1, -0.05) is 18.2 Å². The molecule has 3 atom stereocenters. The molecule has 1 saturated heterocycles. The number of hydrogen-bond donors (Lipinski definition) is 1. The number of amides is 1. The van der Waals surface area contributed by atoms with Crippen LogP contribution in [-0.2, 0) is 9.53 Å². The number of likely N-dealkylation sites (N-methyl/N-ethyl adjacent to an activating group) is 1. The first kappa shape index (κ1) is 16.4. The number of nitrogens with zero attached hydrogens (tertiary/aromatic N) is 1. The van der Waals surface area contributed by atoms with Crippen LogP contribution in [0, 0.1) is 0 Å². The first-order valence-corrected chi connectivity index (χ1v) is 8.94. The summed E-state index contributed by atoms with van der Waals surface area (Å²) < 4.78 is 7.20. The van der Waals surface area contributed by atoms with Crippen LogP contribution in [0.3, 0.4) is 0 Å². The highest BCUT2D eigenvalue weighted by molar-refractivity contribution is 7.19. The lowest BCUT2D eigenvalue weighted by molar-refractivity contribution is -0.140. The molecule has 0 unspecified atom stereocenters. The Hall–Kier alpha value is -1.43. The first-order chi connectivity index (χ1) is 11.0. The van der Waals surface area contributed by atoms with E-state index in [1.54, 1.807) is 19.0 Å². The number of thiophene rings is 1. The van der Waals surface area contributed by atoms with E-state index < -0.39 is 0 Å². The second-order valence-corrected chi connectivity index (χ2v) is 7.49. The third kappa shape index (κ3) is 3.74. The summed E-state index contributed by atoms with van der Waals surface area (Å²) in [4.78, 5) is 14.9. The molecule has 4 nitrogen and oxygen atoms in total. The molecular formula is C18H24N2O2S. The Morgan fingerprint density at radius 2 is 2.17 bits per heavy atom. The fraction of sp³-hybridized carbons (Fsp3) is 0.500. The van der Waals surface area contributed by atoms with E-state index in [1.807, 2.05) is 11.3 Å². The number of hydrogen-bond acceptors (Lipinski definition) is 4. The van der Waals surface area contributed by atoms with Crippen molar-refractivity contribution in [3.8, 4) is 0 Å². The number of nitrogens with one attached hydrogen (secondary N) is 1. The van der Waals surface area contributed by atoms with Gasteiger partial charge in [0.15, 0.2) is 0 Å². The van der Waals surface area contributed by atoms with E-state index in [0.29, 0.717) is 6.04 Å². The third-order valence-electron chi connectivity index (χ3n) is 4.35. The zero-order valence-electron chi connectivity index (χ0n) is 13.9. The average molecular weight is 332 g/mol. The Morgan fingerprint density at radius 1 is 1.39 bits per heavy atom. The van der Waals surface area contributed by atoms with Crippen LogP contribution in [0.15, 0.2) is 30.3 Å². The fourth-order valence-corrected chi connectivity index (χ4v) is 4.04. The summed E-state index contributed by atoms with van der Waals surface area (Å²) in [7, 11) is 3.56. The molecule has 3 rings (SSSR count). The van der Waals surface area contributed by atoms with Crippen molar-refractivity contribution in [3.05, 3.63) is 35.2 Å². The Kier molecular flexibility index (Phi) is 4.99. The lowest BCUT2D eigenvalue weighted by Gasteiger charge is -2.19. The molecule has 1 aliphatic heterocycles. The average Bonchev–Trinajstić information content (AvgIpc) is 3.18. The van der Waals surface area contributed by atoms with Gasteiger partial charge in [-0.2, -0.15) is 0 Å². The van der Waals surface area contributed by atoms with Gasteiger partial charge in [0.05, 0.1) is 6.10 Å². The maximum atomic E-state index is 11.9. The summed E-state index contributed by atoms with van der Waals surface area (Å²) in [6.07, 6.45) is 1.62. The highest BCUT2D eigenvalue weighted by Gasteiger charge is 2.31. The van der Waals surface area contributed by atoms with Crippen LogP contribution in [-0.4, -0.2) is 43.7 Å². The number of fused-ring (bicyclic) bond motifs is 1. The van der Waals surface area contributed by atoms with Crippen LogP contribution in [0.2, 0.25) is 0 Å². The minimum Gasteiger partial charge on any atom is -0.364 e. The number of carbonyl (C=O) groups excluding carboxylic acids is 1. The Labute approximate surface area is 141 Å². The summed E-state index contributed by atoms with van der Waals surface area (Å²) in [5.74, 6) is 0.0741. The second-order valence-electron chi connectivity index (χ2n) is 6.37. The van der Waals surface area contributed by atoms with Gasteiger partial charge in [0.1, 0.15) is 6.10 Å². The van der Waals surface area contributed by atoms with Crippen molar-refractivity contribution < 1.29 is 9.53 Å².